The highest BCUT2D eigenvalue weighted by Crippen LogP contribution is 2.25. The summed E-state index contributed by atoms with van der Waals surface area (Å²) in [7, 11) is 0. The molecule has 0 aliphatic heterocycles. The van der Waals surface area contributed by atoms with Gasteiger partial charge in [-0.05, 0) is 45.7 Å². The number of rotatable bonds is 5. The molecule has 1 aliphatic carbocycles. The molecule has 1 fully saturated rings. The number of hydrogen-bond acceptors (Lipinski definition) is 2. The summed E-state index contributed by atoms with van der Waals surface area (Å²) in [4.78, 5) is 14.4. The van der Waals surface area contributed by atoms with E-state index in [4.69, 9.17) is 4.74 Å². The molecule has 1 aromatic carbocycles. The lowest BCUT2D eigenvalue weighted by atomic mass is 10.1. The van der Waals surface area contributed by atoms with E-state index < -0.39 is 0 Å². The number of benzene rings is 1. The smallest absolute Gasteiger partial charge is 0.260 e. The third-order valence-electron chi connectivity index (χ3n) is 3.95. The van der Waals surface area contributed by atoms with Crippen molar-refractivity contribution in [3.05, 3.63) is 29.8 Å². The van der Waals surface area contributed by atoms with Gasteiger partial charge in [-0.3, -0.25) is 4.79 Å². The second-order valence-electron chi connectivity index (χ2n) is 5.93. The molecule has 0 unspecified atom stereocenters. The van der Waals surface area contributed by atoms with Gasteiger partial charge in [-0.25, -0.2) is 0 Å². The van der Waals surface area contributed by atoms with Gasteiger partial charge in [-0.15, -0.1) is 0 Å². The van der Waals surface area contributed by atoms with Crippen LogP contribution in [0.5, 0.6) is 5.75 Å². The Morgan fingerprint density at radius 2 is 1.85 bits per heavy atom. The van der Waals surface area contributed by atoms with E-state index in [0.29, 0.717) is 6.04 Å². The van der Waals surface area contributed by atoms with Gasteiger partial charge in [0.15, 0.2) is 6.61 Å². The fourth-order valence-electron chi connectivity index (χ4n) is 2.95. The Morgan fingerprint density at radius 1 is 1.25 bits per heavy atom. The molecule has 0 spiro atoms. The summed E-state index contributed by atoms with van der Waals surface area (Å²) >= 11 is 0. The van der Waals surface area contributed by atoms with Crippen molar-refractivity contribution >= 4 is 5.91 Å². The number of amides is 1. The molecule has 0 N–H and O–H groups in total. The first kappa shape index (κ1) is 14.9. The van der Waals surface area contributed by atoms with E-state index in [-0.39, 0.29) is 18.6 Å². The molecule has 0 radical (unpaired) electrons. The third kappa shape index (κ3) is 3.75. The van der Waals surface area contributed by atoms with Gasteiger partial charge in [0.2, 0.25) is 0 Å². The Hall–Kier alpha value is -1.51. The molecule has 3 heteroatoms. The highest BCUT2D eigenvalue weighted by atomic mass is 16.5. The minimum atomic E-state index is 0.104. The van der Waals surface area contributed by atoms with Crippen molar-refractivity contribution in [3.8, 4) is 5.75 Å². The van der Waals surface area contributed by atoms with Gasteiger partial charge in [0.05, 0.1) is 0 Å². The number of carbonyl (C=O) groups is 1. The van der Waals surface area contributed by atoms with Crippen molar-refractivity contribution in [2.75, 3.05) is 6.61 Å². The normalized spacial score (nSPS) is 15.6. The maximum atomic E-state index is 12.4. The average molecular weight is 275 g/mol. The van der Waals surface area contributed by atoms with Crippen molar-refractivity contribution in [3.63, 3.8) is 0 Å². The lowest BCUT2D eigenvalue weighted by molar-refractivity contribution is -0.137. The summed E-state index contributed by atoms with van der Waals surface area (Å²) in [5.74, 6) is 0.867. The van der Waals surface area contributed by atoms with E-state index in [1.54, 1.807) is 0 Å². The van der Waals surface area contributed by atoms with Gasteiger partial charge in [0.1, 0.15) is 5.75 Å². The van der Waals surface area contributed by atoms with Crippen LogP contribution in [-0.2, 0) is 4.79 Å². The minimum absolute atomic E-state index is 0.104. The van der Waals surface area contributed by atoms with Gasteiger partial charge >= 0.3 is 0 Å². The van der Waals surface area contributed by atoms with Crippen LogP contribution in [0.3, 0.4) is 0 Å². The van der Waals surface area contributed by atoms with E-state index in [0.717, 1.165) is 18.6 Å². The van der Waals surface area contributed by atoms with Crippen LogP contribution in [0.4, 0.5) is 0 Å². The maximum Gasteiger partial charge on any atom is 0.260 e. The molecule has 1 aliphatic rings. The predicted molar refractivity (Wildman–Crippen MR) is 80.9 cm³/mol. The van der Waals surface area contributed by atoms with Crippen molar-refractivity contribution in [1.82, 2.24) is 4.90 Å². The average Bonchev–Trinajstić information content (AvgIpc) is 2.91. The molecule has 2 rings (SSSR count). The van der Waals surface area contributed by atoms with Crippen molar-refractivity contribution in [1.29, 1.82) is 0 Å². The van der Waals surface area contributed by atoms with Gasteiger partial charge in [0.25, 0.3) is 5.91 Å². The molecule has 1 amide bonds. The Balaban J connectivity index is 1.92. The highest BCUT2D eigenvalue weighted by Gasteiger charge is 2.28. The van der Waals surface area contributed by atoms with Gasteiger partial charge in [-0.2, -0.15) is 0 Å². The molecular weight excluding hydrogens is 250 g/mol. The number of carbonyl (C=O) groups excluding carboxylic acids is 1. The fourth-order valence-corrected chi connectivity index (χ4v) is 2.95. The van der Waals surface area contributed by atoms with Crippen molar-refractivity contribution < 1.29 is 9.53 Å². The molecule has 0 atom stereocenters. The number of hydrogen-bond donors (Lipinski definition) is 0. The maximum absolute atomic E-state index is 12.4. The predicted octanol–water partition coefficient (Wildman–Crippen LogP) is 3.55. The standard InChI is InChI=1S/C17H25NO2/c1-13(2)18(15-6-4-5-7-15)17(19)12-20-16-10-8-14(3)9-11-16/h8-11,13,15H,4-7,12H2,1-3H3. The molecule has 0 saturated heterocycles. The number of nitrogens with zero attached hydrogens (tertiary/aromatic N) is 1. The summed E-state index contributed by atoms with van der Waals surface area (Å²) in [5, 5.41) is 0. The van der Waals surface area contributed by atoms with Crippen LogP contribution < -0.4 is 4.74 Å². The molecular formula is C17H25NO2. The fraction of sp³-hybridized carbons (Fsp3) is 0.588. The minimum Gasteiger partial charge on any atom is -0.484 e. The molecule has 110 valence electrons. The monoisotopic (exact) mass is 275 g/mol. The molecule has 0 heterocycles. The molecule has 1 saturated carbocycles. The third-order valence-corrected chi connectivity index (χ3v) is 3.95. The van der Waals surface area contributed by atoms with E-state index >= 15 is 0 Å². The summed E-state index contributed by atoms with van der Waals surface area (Å²) < 4.78 is 5.62. The van der Waals surface area contributed by atoms with E-state index in [2.05, 4.69) is 13.8 Å². The van der Waals surface area contributed by atoms with Crippen LogP contribution in [0.15, 0.2) is 24.3 Å². The Morgan fingerprint density at radius 3 is 2.40 bits per heavy atom. The van der Waals surface area contributed by atoms with E-state index in [1.807, 2.05) is 36.1 Å². The van der Waals surface area contributed by atoms with Gasteiger partial charge < -0.3 is 9.64 Å². The van der Waals surface area contributed by atoms with E-state index in [9.17, 15) is 4.79 Å². The second kappa shape index (κ2) is 6.78. The molecule has 20 heavy (non-hydrogen) atoms. The lowest BCUT2D eigenvalue weighted by Gasteiger charge is -2.32. The highest BCUT2D eigenvalue weighted by molar-refractivity contribution is 5.78. The zero-order valence-corrected chi connectivity index (χ0v) is 12.8. The number of aryl methyl sites for hydroxylation is 1. The first-order valence-electron chi connectivity index (χ1n) is 7.58. The van der Waals surface area contributed by atoms with Gasteiger partial charge in [-0.1, -0.05) is 30.5 Å². The largest absolute Gasteiger partial charge is 0.484 e. The van der Waals surface area contributed by atoms with Crippen LogP contribution in [0, 0.1) is 6.92 Å². The van der Waals surface area contributed by atoms with Crippen LogP contribution in [0.2, 0.25) is 0 Å². The van der Waals surface area contributed by atoms with Crippen LogP contribution in [0.1, 0.15) is 45.1 Å². The Bertz CT molecular complexity index is 433. The molecule has 0 aromatic heterocycles. The van der Waals surface area contributed by atoms with Gasteiger partial charge in [0, 0.05) is 12.1 Å². The summed E-state index contributed by atoms with van der Waals surface area (Å²) in [6, 6.07) is 8.47. The topological polar surface area (TPSA) is 29.5 Å². The second-order valence-corrected chi connectivity index (χ2v) is 5.93. The lowest BCUT2D eigenvalue weighted by Crippen LogP contribution is -2.45. The van der Waals surface area contributed by atoms with Crippen molar-refractivity contribution in [2.24, 2.45) is 0 Å². The summed E-state index contributed by atoms with van der Waals surface area (Å²) in [6.07, 6.45) is 4.74. The zero-order valence-electron chi connectivity index (χ0n) is 12.8. The quantitative estimate of drug-likeness (QED) is 0.822. The first-order valence-corrected chi connectivity index (χ1v) is 7.58. The SMILES string of the molecule is Cc1ccc(OCC(=O)N(C(C)C)C2CCCC2)cc1. The number of ether oxygens (including phenoxy) is 1. The van der Waals surface area contributed by atoms with E-state index in [1.165, 1.54) is 18.4 Å². The summed E-state index contributed by atoms with van der Waals surface area (Å²) in [6.45, 7) is 6.34. The van der Waals surface area contributed by atoms with Crippen molar-refractivity contribution in [2.45, 2.75) is 58.5 Å². The molecule has 1 aromatic rings. The molecule has 3 nitrogen and oxygen atoms in total. The Kier molecular flexibility index (Phi) is 5.05. The van der Waals surface area contributed by atoms with Crippen LogP contribution in [0.25, 0.3) is 0 Å². The summed E-state index contributed by atoms with van der Waals surface area (Å²) in [5.41, 5.74) is 1.19. The first-order chi connectivity index (χ1) is 9.58. The Labute approximate surface area is 121 Å². The molecule has 0 bridgehead atoms. The van der Waals surface area contributed by atoms with Crippen LogP contribution in [-0.4, -0.2) is 29.5 Å². The van der Waals surface area contributed by atoms with Crippen LogP contribution >= 0.6 is 0 Å². The zero-order chi connectivity index (χ0) is 14.5.